The van der Waals surface area contributed by atoms with E-state index >= 15 is 0 Å². The number of nitrogens with zero attached hydrogens (tertiary/aromatic N) is 2. The van der Waals surface area contributed by atoms with E-state index in [1.165, 1.54) is 5.56 Å². The van der Waals surface area contributed by atoms with Gasteiger partial charge in [-0.25, -0.2) is 0 Å². The molecule has 4 nitrogen and oxygen atoms in total. The molecular formula is C14H26N2O2. The van der Waals surface area contributed by atoms with Crippen LogP contribution in [0, 0.1) is 13.8 Å². The van der Waals surface area contributed by atoms with E-state index in [0.717, 1.165) is 37.3 Å². The van der Waals surface area contributed by atoms with Crippen LogP contribution in [0.15, 0.2) is 0 Å². The fraction of sp³-hybridized carbons (Fsp3) is 0.786. The Kier molecular flexibility index (Phi) is 6.36. The molecule has 0 amide bonds. The Balaban J connectivity index is 2.46. The number of aliphatic hydroxyl groups is 1. The van der Waals surface area contributed by atoms with E-state index in [0.29, 0.717) is 13.2 Å². The van der Waals surface area contributed by atoms with E-state index in [1.807, 2.05) is 11.6 Å². The van der Waals surface area contributed by atoms with E-state index in [2.05, 4.69) is 25.9 Å². The summed E-state index contributed by atoms with van der Waals surface area (Å²) in [6.07, 6.45) is 2.67. The van der Waals surface area contributed by atoms with Crippen LogP contribution in [0.2, 0.25) is 0 Å². The minimum atomic E-state index is -0.482. The van der Waals surface area contributed by atoms with Gasteiger partial charge in [-0.1, -0.05) is 20.3 Å². The third-order valence-corrected chi connectivity index (χ3v) is 3.22. The Morgan fingerprint density at radius 1 is 1.33 bits per heavy atom. The molecule has 1 unspecified atom stereocenters. The normalized spacial score (nSPS) is 12.9. The summed E-state index contributed by atoms with van der Waals surface area (Å²) < 4.78 is 7.31. The summed E-state index contributed by atoms with van der Waals surface area (Å²) in [5.41, 5.74) is 3.51. The first-order valence-electron chi connectivity index (χ1n) is 6.88. The molecule has 0 saturated carbocycles. The van der Waals surface area contributed by atoms with Gasteiger partial charge in [-0.05, 0) is 32.3 Å². The van der Waals surface area contributed by atoms with Crippen LogP contribution < -0.4 is 0 Å². The van der Waals surface area contributed by atoms with E-state index < -0.39 is 6.10 Å². The lowest BCUT2D eigenvalue weighted by Crippen LogP contribution is -2.23. The standard InChI is InChI=1S/C14H26N2O2/c1-5-7-8-18-10-13(17)9-16-12(4)14(6-2)11(3)15-16/h13,17H,5-10H2,1-4H3. The molecule has 1 rings (SSSR count). The first-order chi connectivity index (χ1) is 8.60. The second-order valence-electron chi connectivity index (χ2n) is 4.77. The minimum absolute atomic E-state index is 0.389. The summed E-state index contributed by atoms with van der Waals surface area (Å²) in [4.78, 5) is 0. The SMILES string of the molecule is CCCCOCC(O)Cn1nc(C)c(CC)c1C. The molecule has 1 aromatic heterocycles. The average Bonchev–Trinajstić information content (AvgIpc) is 2.60. The molecule has 0 aromatic carbocycles. The Morgan fingerprint density at radius 3 is 2.61 bits per heavy atom. The largest absolute Gasteiger partial charge is 0.389 e. The molecule has 4 heteroatoms. The first-order valence-corrected chi connectivity index (χ1v) is 6.88. The number of ether oxygens (including phenoxy) is 1. The maximum absolute atomic E-state index is 9.91. The van der Waals surface area contributed by atoms with Crippen molar-refractivity contribution in [2.75, 3.05) is 13.2 Å². The van der Waals surface area contributed by atoms with Crippen molar-refractivity contribution in [1.29, 1.82) is 0 Å². The number of rotatable bonds is 8. The molecule has 0 aliphatic heterocycles. The summed E-state index contributed by atoms with van der Waals surface area (Å²) in [5, 5.41) is 14.4. The molecule has 0 fully saturated rings. The van der Waals surface area contributed by atoms with Crippen molar-refractivity contribution in [3.05, 3.63) is 17.0 Å². The van der Waals surface area contributed by atoms with Crippen LogP contribution in [0.25, 0.3) is 0 Å². The molecule has 0 bridgehead atoms. The van der Waals surface area contributed by atoms with Crippen LogP contribution >= 0.6 is 0 Å². The number of aromatic nitrogens is 2. The van der Waals surface area contributed by atoms with Gasteiger partial charge in [0, 0.05) is 12.3 Å². The second-order valence-corrected chi connectivity index (χ2v) is 4.77. The lowest BCUT2D eigenvalue weighted by atomic mass is 10.1. The van der Waals surface area contributed by atoms with Crippen molar-refractivity contribution in [3.63, 3.8) is 0 Å². The molecule has 1 N–H and O–H groups in total. The average molecular weight is 254 g/mol. The van der Waals surface area contributed by atoms with Crippen LogP contribution in [0.3, 0.4) is 0 Å². The van der Waals surface area contributed by atoms with Crippen molar-refractivity contribution < 1.29 is 9.84 Å². The zero-order valence-corrected chi connectivity index (χ0v) is 12.1. The monoisotopic (exact) mass is 254 g/mol. The topological polar surface area (TPSA) is 47.3 Å². The highest BCUT2D eigenvalue weighted by Crippen LogP contribution is 2.13. The number of aliphatic hydroxyl groups excluding tert-OH is 1. The zero-order valence-electron chi connectivity index (χ0n) is 12.1. The molecule has 18 heavy (non-hydrogen) atoms. The fourth-order valence-corrected chi connectivity index (χ4v) is 2.14. The number of hydrogen-bond donors (Lipinski definition) is 1. The summed E-state index contributed by atoms with van der Waals surface area (Å²) in [6, 6.07) is 0. The summed E-state index contributed by atoms with van der Waals surface area (Å²) >= 11 is 0. The second kappa shape index (κ2) is 7.54. The van der Waals surface area contributed by atoms with Crippen LogP contribution in [0.4, 0.5) is 0 Å². The van der Waals surface area contributed by atoms with Gasteiger partial charge in [0.05, 0.1) is 24.9 Å². The minimum Gasteiger partial charge on any atom is -0.389 e. The first kappa shape index (κ1) is 15.2. The van der Waals surface area contributed by atoms with Crippen molar-refractivity contribution in [3.8, 4) is 0 Å². The number of unbranched alkanes of at least 4 members (excludes halogenated alkanes) is 1. The van der Waals surface area contributed by atoms with Crippen LogP contribution in [0.1, 0.15) is 43.6 Å². The third kappa shape index (κ3) is 4.10. The van der Waals surface area contributed by atoms with E-state index in [-0.39, 0.29) is 0 Å². The highest BCUT2D eigenvalue weighted by molar-refractivity contribution is 5.24. The van der Waals surface area contributed by atoms with Gasteiger partial charge in [-0.15, -0.1) is 0 Å². The van der Waals surface area contributed by atoms with Gasteiger partial charge < -0.3 is 9.84 Å². The van der Waals surface area contributed by atoms with Gasteiger partial charge in [-0.3, -0.25) is 4.68 Å². The van der Waals surface area contributed by atoms with Gasteiger partial charge in [0.1, 0.15) is 0 Å². The maximum Gasteiger partial charge on any atom is 0.0969 e. The molecule has 0 radical (unpaired) electrons. The lowest BCUT2D eigenvalue weighted by Gasteiger charge is -2.12. The number of aryl methyl sites for hydroxylation is 1. The molecule has 0 saturated heterocycles. The lowest BCUT2D eigenvalue weighted by molar-refractivity contribution is 0.0250. The molecule has 1 aromatic rings. The highest BCUT2D eigenvalue weighted by Gasteiger charge is 2.13. The van der Waals surface area contributed by atoms with Crippen LogP contribution in [-0.4, -0.2) is 34.2 Å². The summed E-state index contributed by atoms with van der Waals surface area (Å²) in [6.45, 7) is 9.97. The van der Waals surface area contributed by atoms with Gasteiger partial charge >= 0.3 is 0 Å². The van der Waals surface area contributed by atoms with E-state index in [9.17, 15) is 5.11 Å². The van der Waals surface area contributed by atoms with E-state index in [1.54, 1.807) is 0 Å². The van der Waals surface area contributed by atoms with Crippen molar-refractivity contribution in [1.82, 2.24) is 9.78 Å². The zero-order chi connectivity index (χ0) is 13.5. The third-order valence-electron chi connectivity index (χ3n) is 3.22. The van der Waals surface area contributed by atoms with Crippen LogP contribution in [-0.2, 0) is 17.7 Å². The molecular weight excluding hydrogens is 228 g/mol. The van der Waals surface area contributed by atoms with Crippen molar-refractivity contribution in [2.45, 2.75) is 59.6 Å². The quantitative estimate of drug-likeness (QED) is 0.724. The van der Waals surface area contributed by atoms with Gasteiger partial charge in [0.15, 0.2) is 0 Å². The Bertz CT molecular complexity index is 361. The molecule has 1 heterocycles. The van der Waals surface area contributed by atoms with Gasteiger partial charge in [-0.2, -0.15) is 5.10 Å². The summed E-state index contributed by atoms with van der Waals surface area (Å²) in [7, 11) is 0. The molecule has 0 spiro atoms. The van der Waals surface area contributed by atoms with Crippen molar-refractivity contribution in [2.24, 2.45) is 0 Å². The smallest absolute Gasteiger partial charge is 0.0969 e. The maximum atomic E-state index is 9.91. The molecule has 0 aliphatic rings. The van der Waals surface area contributed by atoms with Gasteiger partial charge in [0.25, 0.3) is 0 Å². The van der Waals surface area contributed by atoms with Crippen molar-refractivity contribution >= 4 is 0 Å². The van der Waals surface area contributed by atoms with Crippen LogP contribution in [0.5, 0.6) is 0 Å². The molecule has 104 valence electrons. The Labute approximate surface area is 110 Å². The number of hydrogen-bond acceptors (Lipinski definition) is 3. The Morgan fingerprint density at radius 2 is 2.06 bits per heavy atom. The summed E-state index contributed by atoms with van der Waals surface area (Å²) in [5.74, 6) is 0. The highest BCUT2D eigenvalue weighted by atomic mass is 16.5. The Hall–Kier alpha value is -0.870. The van der Waals surface area contributed by atoms with Gasteiger partial charge in [0.2, 0.25) is 0 Å². The van der Waals surface area contributed by atoms with E-state index in [4.69, 9.17) is 4.74 Å². The predicted molar refractivity (Wildman–Crippen MR) is 72.8 cm³/mol. The molecule has 1 atom stereocenters. The predicted octanol–water partition coefficient (Wildman–Crippen LogP) is 2.24. The molecule has 0 aliphatic carbocycles. The fourth-order valence-electron chi connectivity index (χ4n) is 2.14.